The summed E-state index contributed by atoms with van der Waals surface area (Å²) < 4.78 is 9.86. The molecule has 2 amide bonds. The largest absolute Gasteiger partial charge is 0.466 e. The zero-order valence-electron chi connectivity index (χ0n) is 12.4. The predicted molar refractivity (Wildman–Crippen MR) is 84.3 cm³/mol. The van der Waals surface area contributed by atoms with E-state index in [1.54, 1.807) is 31.2 Å². The molecule has 0 aliphatic carbocycles. The fourth-order valence-electron chi connectivity index (χ4n) is 2.21. The number of carbonyl (C=O) groups excluding carboxylic acids is 2. The Labute approximate surface area is 131 Å². The van der Waals surface area contributed by atoms with Gasteiger partial charge in [0.05, 0.1) is 17.1 Å². The third kappa shape index (κ3) is 2.23. The van der Waals surface area contributed by atoms with Crippen LogP contribution in [-0.4, -0.2) is 21.8 Å². The van der Waals surface area contributed by atoms with Crippen molar-refractivity contribution in [2.45, 2.75) is 26.4 Å². The lowest BCUT2D eigenvalue weighted by Gasteiger charge is -2.33. The fourth-order valence-corrected chi connectivity index (χ4v) is 2.87. The summed E-state index contributed by atoms with van der Waals surface area (Å²) in [5, 5.41) is 5.46. The number of aryl methyl sites for hydroxylation is 2. The second-order valence-electron chi connectivity index (χ2n) is 5.24. The topological polar surface area (TPSA) is 80.3 Å². The lowest BCUT2D eigenvalue weighted by molar-refractivity contribution is -0.143. The maximum atomic E-state index is 12.6. The van der Waals surface area contributed by atoms with Crippen LogP contribution in [0.5, 0.6) is 5.75 Å². The molecular weight excluding hydrogens is 302 g/mol. The van der Waals surface area contributed by atoms with Crippen molar-refractivity contribution in [3.05, 3.63) is 34.8 Å². The van der Waals surface area contributed by atoms with Gasteiger partial charge < -0.3 is 15.4 Å². The number of fused-ring (bicyclic) bond motifs is 1. The normalized spacial score (nSPS) is 19.9. The molecule has 1 unspecified atom stereocenters. The summed E-state index contributed by atoms with van der Waals surface area (Å²) in [4.78, 5) is 25.8. The summed E-state index contributed by atoms with van der Waals surface area (Å²) in [6.45, 7) is 5.12. The van der Waals surface area contributed by atoms with Gasteiger partial charge in [0.2, 0.25) is 0 Å². The number of rotatable bonds is 2. The maximum absolute atomic E-state index is 12.6. The van der Waals surface area contributed by atoms with Crippen molar-refractivity contribution < 1.29 is 14.3 Å². The van der Waals surface area contributed by atoms with E-state index < -0.39 is 17.4 Å². The molecule has 0 fully saturated rings. The van der Waals surface area contributed by atoms with Crippen LogP contribution in [0.15, 0.2) is 24.3 Å². The molecular formula is C15H15N3O3S. The van der Waals surface area contributed by atoms with Gasteiger partial charge in [0.1, 0.15) is 5.75 Å². The van der Waals surface area contributed by atoms with Crippen molar-refractivity contribution in [3.8, 4) is 5.75 Å². The number of carbonyl (C=O) groups is 2. The first-order valence-electron chi connectivity index (χ1n) is 6.75. The van der Waals surface area contributed by atoms with Crippen molar-refractivity contribution in [3.63, 3.8) is 0 Å². The summed E-state index contributed by atoms with van der Waals surface area (Å²) >= 11 is 1.30. The molecule has 2 N–H and O–H groups in total. The molecule has 7 heteroatoms. The summed E-state index contributed by atoms with van der Waals surface area (Å²) in [5.74, 6) is -0.551. The number of nitrogens with zero attached hydrogens (tertiary/aromatic N) is 1. The van der Waals surface area contributed by atoms with Crippen LogP contribution in [-0.2, 0) is 9.59 Å². The van der Waals surface area contributed by atoms with E-state index in [-0.39, 0.29) is 0 Å². The van der Waals surface area contributed by atoms with E-state index in [0.717, 1.165) is 10.6 Å². The third-order valence-corrected chi connectivity index (χ3v) is 4.43. The van der Waals surface area contributed by atoms with Gasteiger partial charge in [0.25, 0.3) is 17.4 Å². The Kier molecular flexibility index (Phi) is 3.37. The predicted octanol–water partition coefficient (Wildman–Crippen LogP) is 2.49. The Morgan fingerprint density at radius 3 is 2.77 bits per heavy atom. The number of benzene rings is 1. The second-order valence-corrected chi connectivity index (χ2v) is 6.22. The standard InChI is InChI=1S/C15H15N3O3S/c1-8-12(9(2)22-18-8)17-14(20)15(3)13(19)16-10-6-4-5-7-11(10)21-15/h4-7H,1-3H3,(H,16,19)(H,17,20). The fraction of sp³-hybridized carbons (Fsp3) is 0.267. The van der Waals surface area contributed by atoms with Gasteiger partial charge in [0.15, 0.2) is 0 Å². The Morgan fingerprint density at radius 2 is 2.09 bits per heavy atom. The second kappa shape index (κ2) is 5.10. The number of nitrogens with one attached hydrogen (secondary N) is 2. The van der Waals surface area contributed by atoms with Crippen LogP contribution in [0, 0.1) is 13.8 Å². The lowest BCUT2D eigenvalue weighted by atomic mass is 10.0. The molecule has 2 aromatic rings. The van der Waals surface area contributed by atoms with Gasteiger partial charge in [-0.15, -0.1) is 0 Å². The molecule has 114 valence electrons. The minimum atomic E-state index is -1.63. The van der Waals surface area contributed by atoms with Crippen molar-refractivity contribution in [1.29, 1.82) is 0 Å². The molecule has 6 nitrogen and oxygen atoms in total. The van der Waals surface area contributed by atoms with Gasteiger partial charge in [-0.2, -0.15) is 4.37 Å². The van der Waals surface area contributed by atoms with Gasteiger partial charge in [-0.05, 0) is 44.4 Å². The van der Waals surface area contributed by atoms with Crippen molar-refractivity contribution >= 4 is 34.7 Å². The minimum absolute atomic E-state index is 0.469. The first-order chi connectivity index (χ1) is 10.4. The average molecular weight is 317 g/mol. The molecule has 2 heterocycles. The molecule has 0 saturated carbocycles. The van der Waals surface area contributed by atoms with E-state index >= 15 is 0 Å². The van der Waals surface area contributed by atoms with Crippen LogP contribution in [0.25, 0.3) is 0 Å². The van der Waals surface area contributed by atoms with E-state index in [1.165, 1.54) is 18.5 Å². The van der Waals surface area contributed by atoms with Crippen molar-refractivity contribution in [2.75, 3.05) is 10.6 Å². The van der Waals surface area contributed by atoms with E-state index in [9.17, 15) is 9.59 Å². The van der Waals surface area contributed by atoms with Gasteiger partial charge in [-0.1, -0.05) is 12.1 Å². The average Bonchev–Trinajstić information content (AvgIpc) is 2.80. The highest BCUT2D eigenvalue weighted by Gasteiger charge is 2.47. The number of hydrogen-bond donors (Lipinski definition) is 2. The number of aromatic nitrogens is 1. The van der Waals surface area contributed by atoms with E-state index in [2.05, 4.69) is 15.0 Å². The molecule has 3 rings (SSSR count). The summed E-state index contributed by atoms with van der Waals surface area (Å²) in [6, 6.07) is 7.01. The highest BCUT2D eigenvalue weighted by atomic mass is 32.1. The van der Waals surface area contributed by atoms with Gasteiger partial charge >= 0.3 is 0 Å². The molecule has 1 aliphatic heterocycles. The zero-order valence-corrected chi connectivity index (χ0v) is 13.2. The molecule has 1 aromatic carbocycles. The van der Waals surface area contributed by atoms with Gasteiger partial charge in [0, 0.05) is 4.88 Å². The smallest absolute Gasteiger partial charge is 0.278 e. The SMILES string of the molecule is Cc1nsc(C)c1NC(=O)C1(C)Oc2ccccc2NC1=O. The van der Waals surface area contributed by atoms with E-state index in [1.807, 2.05) is 6.92 Å². The Bertz CT molecular complexity index is 752. The highest BCUT2D eigenvalue weighted by Crippen LogP contribution is 2.34. The Balaban J connectivity index is 1.90. The molecule has 0 bridgehead atoms. The van der Waals surface area contributed by atoms with Crippen LogP contribution in [0.4, 0.5) is 11.4 Å². The quantitative estimate of drug-likeness (QED) is 0.834. The minimum Gasteiger partial charge on any atom is -0.466 e. The monoisotopic (exact) mass is 317 g/mol. The number of ether oxygens (including phenoxy) is 1. The molecule has 0 radical (unpaired) electrons. The summed E-state index contributed by atoms with van der Waals surface area (Å²) in [5.41, 5.74) is 0.278. The summed E-state index contributed by atoms with van der Waals surface area (Å²) in [7, 11) is 0. The van der Waals surface area contributed by atoms with E-state index in [4.69, 9.17) is 4.74 Å². The molecule has 22 heavy (non-hydrogen) atoms. The maximum Gasteiger partial charge on any atom is 0.278 e. The number of amides is 2. The first kappa shape index (κ1) is 14.5. The van der Waals surface area contributed by atoms with Crippen LogP contribution in [0.3, 0.4) is 0 Å². The number of anilines is 2. The lowest BCUT2D eigenvalue weighted by Crippen LogP contribution is -2.56. The van der Waals surface area contributed by atoms with Gasteiger partial charge in [-0.25, -0.2) is 0 Å². The van der Waals surface area contributed by atoms with Crippen LogP contribution < -0.4 is 15.4 Å². The molecule has 0 spiro atoms. The van der Waals surface area contributed by atoms with Crippen LogP contribution in [0.2, 0.25) is 0 Å². The van der Waals surface area contributed by atoms with Crippen LogP contribution >= 0.6 is 11.5 Å². The number of hydrogen-bond acceptors (Lipinski definition) is 5. The Hall–Kier alpha value is -2.41. The summed E-state index contributed by atoms with van der Waals surface area (Å²) in [6.07, 6.45) is 0. The van der Waals surface area contributed by atoms with Crippen molar-refractivity contribution in [1.82, 2.24) is 4.37 Å². The van der Waals surface area contributed by atoms with Crippen LogP contribution in [0.1, 0.15) is 17.5 Å². The molecule has 1 aliphatic rings. The number of para-hydroxylation sites is 2. The van der Waals surface area contributed by atoms with Gasteiger partial charge in [-0.3, -0.25) is 9.59 Å². The van der Waals surface area contributed by atoms with E-state index in [0.29, 0.717) is 17.1 Å². The highest BCUT2D eigenvalue weighted by molar-refractivity contribution is 7.06. The molecule has 1 atom stereocenters. The Morgan fingerprint density at radius 1 is 1.36 bits per heavy atom. The third-order valence-electron chi connectivity index (χ3n) is 3.59. The first-order valence-corrected chi connectivity index (χ1v) is 7.53. The zero-order chi connectivity index (χ0) is 15.9. The molecule has 0 saturated heterocycles. The van der Waals surface area contributed by atoms with Crippen molar-refractivity contribution in [2.24, 2.45) is 0 Å². The molecule has 1 aromatic heterocycles.